The van der Waals surface area contributed by atoms with Crippen molar-refractivity contribution in [2.45, 2.75) is 10.6 Å². The van der Waals surface area contributed by atoms with E-state index >= 15 is 0 Å². The molecule has 0 aliphatic rings. The number of alkyl halides is 3. The fourth-order valence-electron chi connectivity index (χ4n) is 1.40. The van der Waals surface area contributed by atoms with Crippen LogP contribution in [0.5, 0.6) is 5.75 Å². The summed E-state index contributed by atoms with van der Waals surface area (Å²) in [6.45, 7) is 0. The van der Waals surface area contributed by atoms with Crippen molar-refractivity contribution in [2.24, 2.45) is 0 Å². The molecule has 2 aromatic rings. The quantitative estimate of drug-likeness (QED) is 0.834. The molecule has 0 fully saturated rings. The highest BCUT2D eigenvalue weighted by Gasteiger charge is 2.33. The summed E-state index contributed by atoms with van der Waals surface area (Å²) in [6.07, 6.45) is -4.93. The Morgan fingerprint density at radius 2 is 1.95 bits per heavy atom. The zero-order chi connectivity index (χ0) is 15.7. The second-order valence-corrected chi connectivity index (χ2v) is 7.50. The summed E-state index contributed by atoms with van der Waals surface area (Å²) in [5.41, 5.74) is -0.302. The minimum absolute atomic E-state index is 0.0108. The van der Waals surface area contributed by atoms with Crippen LogP contribution in [0.2, 0.25) is 0 Å². The number of hydrogen-bond acceptors (Lipinski definition) is 4. The summed E-state index contributed by atoms with van der Waals surface area (Å²) in [7, 11) is -3.96. The van der Waals surface area contributed by atoms with Gasteiger partial charge in [0, 0.05) is 4.47 Å². The van der Waals surface area contributed by atoms with Crippen LogP contribution in [0.3, 0.4) is 0 Å². The van der Waals surface area contributed by atoms with E-state index in [1.165, 1.54) is 24.3 Å². The van der Waals surface area contributed by atoms with Gasteiger partial charge in [0.25, 0.3) is 10.0 Å². The molecule has 21 heavy (non-hydrogen) atoms. The lowest BCUT2D eigenvalue weighted by molar-refractivity contribution is -0.274. The van der Waals surface area contributed by atoms with Crippen molar-refractivity contribution in [3.05, 3.63) is 40.2 Å². The predicted octanol–water partition coefficient (Wildman–Crippen LogP) is 4.21. The lowest BCUT2D eigenvalue weighted by atomic mass is 10.3. The first-order valence-corrected chi connectivity index (χ1v) is 8.44. The molecule has 0 radical (unpaired) electrons. The largest absolute Gasteiger partial charge is 0.573 e. The first-order chi connectivity index (χ1) is 9.67. The maximum atomic E-state index is 12.3. The Labute approximate surface area is 130 Å². The average molecular weight is 402 g/mol. The molecule has 0 saturated carbocycles. The van der Waals surface area contributed by atoms with Crippen LogP contribution in [-0.4, -0.2) is 14.8 Å². The fraction of sp³-hybridized carbons (Fsp3) is 0.0909. The van der Waals surface area contributed by atoms with Crippen molar-refractivity contribution in [3.63, 3.8) is 0 Å². The van der Waals surface area contributed by atoms with Gasteiger partial charge in [-0.1, -0.05) is 22.0 Å². The molecule has 4 nitrogen and oxygen atoms in total. The fourth-order valence-corrected chi connectivity index (χ4v) is 3.80. The highest BCUT2D eigenvalue weighted by atomic mass is 79.9. The van der Waals surface area contributed by atoms with Gasteiger partial charge in [0.1, 0.15) is 4.21 Å². The smallest absolute Gasteiger partial charge is 0.403 e. The van der Waals surface area contributed by atoms with E-state index in [0.717, 1.165) is 17.4 Å². The number of nitrogens with one attached hydrogen (secondary N) is 1. The Hall–Kier alpha value is -1.26. The highest BCUT2D eigenvalue weighted by Crippen LogP contribution is 2.34. The third-order valence-corrected chi connectivity index (χ3v) is 5.43. The zero-order valence-electron chi connectivity index (χ0n) is 10.0. The van der Waals surface area contributed by atoms with Crippen LogP contribution in [0, 0.1) is 0 Å². The van der Waals surface area contributed by atoms with E-state index in [1.54, 1.807) is 5.38 Å². The second-order valence-electron chi connectivity index (χ2n) is 3.73. The molecule has 0 aliphatic heterocycles. The lowest BCUT2D eigenvalue weighted by Crippen LogP contribution is -2.19. The van der Waals surface area contributed by atoms with E-state index in [9.17, 15) is 21.6 Å². The molecule has 1 aromatic heterocycles. The Balaban J connectivity index is 2.36. The maximum absolute atomic E-state index is 12.3. The topological polar surface area (TPSA) is 55.4 Å². The van der Waals surface area contributed by atoms with E-state index in [1.807, 2.05) is 0 Å². The van der Waals surface area contributed by atoms with Crippen LogP contribution in [0.25, 0.3) is 0 Å². The Bertz CT molecular complexity index is 730. The summed E-state index contributed by atoms with van der Waals surface area (Å²) in [5.74, 6) is -0.642. The molecule has 1 heterocycles. The predicted molar refractivity (Wildman–Crippen MR) is 76.0 cm³/mol. The van der Waals surface area contributed by atoms with Gasteiger partial charge in [0.15, 0.2) is 5.75 Å². The maximum Gasteiger partial charge on any atom is 0.573 e. The Morgan fingerprint density at radius 3 is 2.52 bits per heavy atom. The standard InChI is InChI=1S/C11H7BrF3NO3S2/c12-7-3-4-8(9(6-7)19-11(13,14)15)16-21(17,18)10-2-1-5-20-10/h1-6,16H. The van der Waals surface area contributed by atoms with Gasteiger partial charge in [-0.3, -0.25) is 4.72 Å². The molecule has 1 aromatic carbocycles. The molecular formula is C11H7BrF3NO3S2. The van der Waals surface area contributed by atoms with Crippen molar-refractivity contribution < 1.29 is 26.3 Å². The molecule has 0 unspecified atom stereocenters. The molecule has 0 amide bonds. The molecule has 2 rings (SSSR count). The molecule has 10 heteroatoms. The summed E-state index contributed by atoms with van der Waals surface area (Å²) in [4.78, 5) is 0. The highest BCUT2D eigenvalue weighted by molar-refractivity contribution is 9.10. The van der Waals surface area contributed by atoms with Gasteiger partial charge < -0.3 is 4.74 Å². The van der Waals surface area contributed by atoms with Crippen LogP contribution < -0.4 is 9.46 Å². The molecule has 114 valence electrons. The molecule has 1 N–H and O–H groups in total. The summed E-state index contributed by atoms with van der Waals surface area (Å²) in [6, 6.07) is 6.47. The van der Waals surface area contributed by atoms with Crippen molar-refractivity contribution >= 4 is 43.0 Å². The van der Waals surface area contributed by atoms with Crippen molar-refractivity contribution in [2.75, 3.05) is 4.72 Å². The summed E-state index contributed by atoms with van der Waals surface area (Å²) >= 11 is 3.95. The van der Waals surface area contributed by atoms with Gasteiger partial charge in [-0.15, -0.1) is 24.5 Å². The molecule has 0 aliphatic carbocycles. The van der Waals surface area contributed by atoms with Gasteiger partial charge in [-0.05, 0) is 29.6 Å². The van der Waals surface area contributed by atoms with E-state index in [2.05, 4.69) is 25.4 Å². The molecule has 0 atom stereocenters. The van der Waals surface area contributed by atoms with E-state index < -0.39 is 22.1 Å². The number of rotatable bonds is 4. The Kier molecular flexibility index (Phi) is 4.49. The number of ether oxygens (including phenoxy) is 1. The van der Waals surface area contributed by atoms with Gasteiger partial charge in [0.2, 0.25) is 0 Å². The minimum atomic E-state index is -4.93. The second kappa shape index (κ2) is 5.85. The third kappa shape index (κ3) is 4.35. The average Bonchev–Trinajstić information content (AvgIpc) is 2.85. The zero-order valence-corrected chi connectivity index (χ0v) is 13.2. The number of thiophene rings is 1. The molecular weight excluding hydrogens is 395 g/mol. The summed E-state index contributed by atoms with van der Waals surface area (Å²) in [5, 5.41) is 1.54. The monoisotopic (exact) mass is 401 g/mol. The minimum Gasteiger partial charge on any atom is -0.403 e. The third-order valence-electron chi connectivity index (χ3n) is 2.17. The van der Waals surface area contributed by atoms with Crippen LogP contribution in [0.1, 0.15) is 0 Å². The number of anilines is 1. The van der Waals surface area contributed by atoms with Gasteiger partial charge in [0.05, 0.1) is 5.69 Å². The summed E-state index contributed by atoms with van der Waals surface area (Å²) < 4.78 is 67.3. The Morgan fingerprint density at radius 1 is 1.24 bits per heavy atom. The van der Waals surface area contributed by atoms with Crippen molar-refractivity contribution in [1.29, 1.82) is 0 Å². The SMILES string of the molecule is O=S(=O)(Nc1ccc(Br)cc1OC(F)(F)F)c1cccs1. The number of hydrogen-bond donors (Lipinski definition) is 1. The first kappa shape index (κ1) is 16.1. The molecule has 0 spiro atoms. The van der Waals surface area contributed by atoms with Crippen molar-refractivity contribution in [3.8, 4) is 5.75 Å². The van der Waals surface area contributed by atoms with E-state index in [-0.39, 0.29) is 9.90 Å². The first-order valence-electron chi connectivity index (χ1n) is 5.29. The number of halogens is 4. The van der Waals surface area contributed by atoms with Crippen molar-refractivity contribution in [1.82, 2.24) is 0 Å². The van der Waals surface area contributed by atoms with E-state index in [4.69, 9.17) is 0 Å². The number of sulfonamides is 1. The number of benzene rings is 1. The van der Waals surface area contributed by atoms with Gasteiger partial charge >= 0.3 is 6.36 Å². The molecule has 0 saturated heterocycles. The van der Waals surface area contributed by atoms with Crippen LogP contribution >= 0.6 is 27.3 Å². The van der Waals surface area contributed by atoms with Crippen LogP contribution in [0.15, 0.2) is 44.4 Å². The molecule has 0 bridgehead atoms. The van der Waals surface area contributed by atoms with E-state index in [0.29, 0.717) is 4.47 Å². The van der Waals surface area contributed by atoms with Gasteiger partial charge in [-0.25, -0.2) is 8.42 Å². The normalized spacial score (nSPS) is 12.2. The lowest BCUT2D eigenvalue weighted by Gasteiger charge is -2.14. The van der Waals surface area contributed by atoms with Crippen LogP contribution in [-0.2, 0) is 10.0 Å². The van der Waals surface area contributed by atoms with Gasteiger partial charge in [-0.2, -0.15) is 0 Å². The van der Waals surface area contributed by atoms with Crippen LogP contribution in [0.4, 0.5) is 18.9 Å².